The third-order valence-corrected chi connectivity index (χ3v) is 4.96. The molecule has 0 aromatic rings. The fourth-order valence-electron chi connectivity index (χ4n) is 2.11. The predicted octanol–water partition coefficient (Wildman–Crippen LogP) is -0.956. The fraction of sp³-hybridized carbons (Fsp3) is 1.00. The molecule has 1 aliphatic rings. The molecule has 1 heterocycles. The van der Waals surface area contributed by atoms with Gasteiger partial charge in [0, 0.05) is 25.2 Å². The van der Waals surface area contributed by atoms with Crippen LogP contribution in [0.15, 0.2) is 0 Å². The number of nitrogens with one attached hydrogen (secondary N) is 1. The van der Waals surface area contributed by atoms with Crippen LogP contribution in [0, 0.1) is 0 Å². The zero-order valence-electron chi connectivity index (χ0n) is 10.2. The quantitative estimate of drug-likeness (QED) is 0.657. The summed E-state index contributed by atoms with van der Waals surface area (Å²) in [6, 6.07) is 0. The van der Waals surface area contributed by atoms with Crippen molar-refractivity contribution >= 4 is 9.84 Å². The van der Waals surface area contributed by atoms with Crippen LogP contribution in [0.1, 0.15) is 12.8 Å². The molecule has 1 aliphatic heterocycles. The number of hydrogen-bond acceptors (Lipinski definition) is 5. The molecule has 1 unspecified atom stereocenters. The second-order valence-corrected chi connectivity index (χ2v) is 7.09. The topological polar surface area (TPSA) is 75.4 Å². The lowest BCUT2D eigenvalue weighted by molar-refractivity contribution is 0.303. The Bertz CT molecular complexity index is 316. The molecule has 0 aromatic carbocycles. The van der Waals surface area contributed by atoms with E-state index >= 15 is 0 Å². The molecule has 96 valence electrons. The van der Waals surface area contributed by atoms with Gasteiger partial charge in [-0.05, 0) is 26.9 Å². The first-order chi connectivity index (χ1) is 7.39. The number of hydrogen-bond donors (Lipinski definition) is 2. The minimum Gasteiger partial charge on any atom is -0.329 e. The van der Waals surface area contributed by atoms with Gasteiger partial charge in [-0.3, -0.25) is 0 Å². The van der Waals surface area contributed by atoms with E-state index in [2.05, 4.69) is 10.2 Å². The molecule has 0 spiro atoms. The van der Waals surface area contributed by atoms with Gasteiger partial charge in [0.25, 0.3) is 0 Å². The summed E-state index contributed by atoms with van der Waals surface area (Å²) < 4.78 is 23.2. The second kappa shape index (κ2) is 5.44. The van der Waals surface area contributed by atoms with Crippen molar-refractivity contribution in [3.05, 3.63) is 0 Å². The average molecular weight is 249 g/mol. The molecule has 16 heavy (non-hydrogen) atoms. The minimum atomic E-state index is -2.91. The molecule has 0 aromatic heterocycles. The van der Waals surface area contributed by atoms with Crippen molar-refractivity contribution in [3.8, 4) is 0 Å². The summed E-state index contributed by atoms with van der Waals surface area (Å²) in [5, 5.41) is 3.33. The van der Waals surface area contributed by atoms with Crippen LogP contribution in [-0.4, -0.2) is 64.1 Å². The molecular weight excluding hydrogens is 226 g/mol. The van der Waals surface area contributed by atoms with Gasteiger partial charge in [0.1, 0.15) is 0 Å². The number of nitrogens with two attached hydrogens (primary N) is 1. The third-order valence-electron chi connectivity index (χ3n) is 3.06. The Balaban J connectivity index is 2.56. The summed E-state index contributed by atoms with van der Waals surface area (Å²) in [7, 11) is 1.08. The highest BCUT2D eigenvalue weighted by molar-refractivity contribution is 7.91. The third kappa shape index (κ3) is 4.01. The minimum absolute atomic E-state index is 0.184. The maximum absolute atomic E-state index is 11.6. The molecule has 0 amide bonds. The maximum atomic E-state index is 11.6. The zero-order chi connectivity index (χ0) is 12.2. The normalized spacial score (nSPS) is 29.5. The summed E-state index contributed by atoms with van der Waals surface area (Å²) in [5.41, 5.74) is 5.34. The summed E-state index contributed by atoms with van der Waals surface area (Å²) >= 11 is 0. The van der Waals surface area contributed by atoms with Crippen molar-refractivity contribution in [1.82, 2.24) is 10.2 Å². The molecule has 3 N–H and O–H groups in total. The van der Waals surface area contributed by atoms with Crippen LogP contribution < -0.4 is 11.1 Å². The fourth-order valence-corrected chi connectivity index (χ4v) is 4.05. The molecular formula is C10H23N3O2S. The van der Waals surface area contributed by atoms with Crippen molar-refractivity contribution in [1.29, 1.82) is 0 Å². The van der Waals surface area contributed by atoms with Crippen molar-refractivity contribution in [3.63, 3.8) is 0 Å². The highest BCUT2D eigenvalue weighted by Gasteiger charge is 2.37. The highest BCUT2D eigenvalue weighted by atomic mass is 32.2. The highest BCUT2D eigenvalue weighted by Crippen LogP contribution is 2.21. The van der Waals surface area contributed by atoms with E-state index in [1.165, 1.54) is 0 Å². The largest absolute Gasteiger partial charge is 0.329 e. The summed E-state index contributed by atoms with van der Waals surface area (Å²) in [6.07, 6.45) is 1.57. The molecule has 1 atom stereocenters. The Hall–Kier alpha value is -0.170. The first-order valence-electron chi connectivity index (χ1n) is 5.69. The Morgan fingerprint density at radius 2 is 2.12 bits per heavy atom. The Morgan fingerprint density at radius 1 is 1.44 bits per heavy atom. The number of rotatable bonds is 5. The monoisotopic (exact) mass is 249 g/mol. The van der Waals surface area contributed by atoms with Crippen molar-refractivity contribution < 1.29 is 8.42 Å². The van der Waals surface area contributed by atoms with Gasteiger partial charge in [0.2, 0.25) is 0 Å². The lowest BCUT2D eigenvalue weighted by Crippen LogP contribution is -2.59. The Kier molecular flexibility index (Phi) is 4.73. The first-order valence-corrected chi connectivity index (χ1v) is 7.52. The van der Waals surface area contributed by atoms with Gasteiger partial charge in [0.15, 0.2) is 9.84 Å². The number of likely N-dealkylation sites (N-methyl/N-ethyl adjacent to an activating group) is 1. The van der Waals surface area contributed by atoms with Gasteiger partial charge in [0.05, 0.1) is 11.5 Å². The van der Waals surface area contributed by atoms with Gasteiger partial charge in [-0.2, -0.15) is 0 Å². The van der Waals surface area contributed by atoms with Gasteiger partial charge in [-0.1, -0.05) is 0 Å². The van der Waals surface area contributed by atoms with E-state index in [-0.39, 0.29) is 5.75 Å². The van der Waals surface area contributed by atoms with E-state index in [4.69, 9.17) is 5.73 Å². The van der Waals surface area contributed by atoms with E-state index in [1.54, 1.807) is 0 Å². The van der Waals surface area contributed by atoms with Crippen molar-refractivity contribution in [2.24, 2.45) is 5.73 Å². The van der Waals surface area contributed by atoms with Crippen molar-refractivity contribution in [2.45, 2.75) is 18.4 Å². The van der Waals surface area contributed by atoms with Crippen LogP contribution in [0.4, 0.5) is 0 Å². The predicted molar refractivity (Wildman–Crippen MR) is 66.2 cm³/mol. The lowest BCUT2D eigenvalue weighted by Gasteiger charge is -2.37. The van der Waals surface area contributed by atoms with Crippen LogP contribution in [-0.2, 0) is 9.84 Å². The molecule has 1 saturated heterocycles. The molecule has 5 nitrogen and oxygen atoms in total. The molecule has 0 saturated carbocycles. The van der Waals surface area contributed by atoms with Crippen molar-refractivity contribution in [2.75, 3.05) is 45.2 Å². The Morgan fingerprint density at radius 3 is 2.62 bits per heavy atom. The Labute approximate surface area is 98.3 Å². The summed E-state index contributed by atoms with van der Waals surface area (Å²) in [6.45, 7) is 2.06. The molecule has 0 bridgehead atoms. The first kappa shape index (κ1) is 13.9. The van der Waals surface area contributed by atoms with E-state index in [1.807, 2.05) is 14.1 Å². The lowest BCUT2D eigenvalue weighted by atomic mass is 9.95. The molecule has 0 aliphatic carbocycles. The molecule has 1 rings (SSSR count). The number of sulfone groups is 1. The van der Waals surface area contributed by atoms with Gasteiger partial charge in [-0.25, -0.2) is 8.42 Å². The van der Waals surface area contributed by atoms with Crippen LogP contribution in [0.3, 0.4) is 0 Å². The van der Waals surface area contributed by atoms with Gasteiger partial charge < -0.3 is 16.0 Å². The van der Waals surface area contributed by atoms with E-state index in [9.17, 15) is 8.42 Å². The van der Waals surface area contributed by atoms with Crippen LogP contribution >= 0.6 is 0 Å². The maximum Gasteiger partial charge on any atom is 0.152 e. The van der Waals surface area contributed by atoms with Crippen LogP contribution in [0.25, 0.3) is 0 Å². The number of nitrogens with zero attached hydrogens (tertiary/aromatic N) is 1. The molecule has 0 radical (unpaired) electrons. The average Bonchev–Trinajstić information content (AvgIpc) is 2.15. The zero-order valence-corrected chi connectivity index (χ0v) is 11.0. The smallest absolute Gasteiger partial charge is 0.152 e. The van der Waals surface area contributed by atoms with E-state index in [0.29, 0.717) is 18.7 Å². The molecule has 6 heteroatoms. The summed E-state index contributed by atoms with van der Waals surface area (Å²) in [4.78, 5) is 2.06. The molecule has 1 fully saturated rings. The van der Waals surface area contributed by atoms with E-state index in [0.717, 1.165) is 19.5 Å². The second-order valence-electron chi connectivity index (χ2n) is 4.91. The van der Waals surface area contributed by atoms with E-state index < -0.39 is 15.4 Å². The summed E-state index contributed by atoms with van der Waals surface area (Å²) in [5.74, 6) is 0.494. The van der Waals surface area contributed by atoms with Crippen LogP contribution in [0.2, 0.25) is 0 Å². The van der Waals surface area contributed by atoms with Gasteiger partial charge >= 0.3 is 0 Å². The standard InChI is InChI=1S/C10H23N3O2S/c1-13(2)6-5-12-10(8-11)4-3-7-16(14,15)9-10/h12H,3-9,11H2,1-2H3. The SMILES string of the molecule is CN(C)CCNC1(CN)CCCS(=O)(=O)C1. The van der Waals surface area contributed by atoms with Crippen LogP contribution in [0.5, 0.6) is 0 Å². The van der Waals surface area contributed by atoms with Gasteiger partial charge in [-0.15, -0.1) is 0 Å².